The van der Waals surface area contributed by atoms with Crippen LogP contribution in [0, 0.1) is 0 Å². The van der Waals surface area contributed by atoms with E-state index in [0.29, 0.717) is 10.8 Å². The van der Waals surface area contributed by atoms with Crippen LogP contribution in [0.25, 0.3) is 10.9 Å². The summed E-state index contributed by atoms with van der Waals surface area (Å²) in [6.07, 6.45) is 0.610. The van der Waals surface area contributed by atoms with E-state index < -0.39 is 6.10 Å². The van der Waals surface area contributed by atoms with Gasteiger partial charge in [0, 0.05) is 17.0 Å². The van der Waals surface area contributed by atoms with Gasteiger partial charge in [-0.3, -0.25) is 0 Å². The lowest BCUT2D eigenvalue weighted by Crippen LogP contribution is -2.23. The summed E-state index contributed by atoms with van der Waals surface area (Å²) in [5.41, 5.74) is 0.730. The molecule has 0 aliphatic carbocycles. The van der Waals surface area contributed by atoms with Crippen LogP contribution in [0.15, 0.2) is 24.5 Å². The van der Waals surface area contributed by atoms with E-state index in [-0.39, 0.29) is 13.2 Å². The molecule has 5 nitrogen and oxygen atoms in total. The largest absolute Gasteiger partial charge is 0.394 e. The van der Waals surface area contributed by atoms with Crippen molar-refractivity contribution in [3.05, 3.63) is 29.5 Å². The molecule has 0 bridgehead atoms. The second-order valence-electron chi connectivity index (χ2n) is 3.60. The van der Waals surface area contributed by atoms with Gasteiger partial charge in [-0.05, 0) is 18.2 Å². The molecule has 0 saturated heterocycles. The van der Waals surface area contributed by atoms with Gasteiger partial charge in [-0.2, -0.15) is 0 Å². The summed E-state index contributed by atoms with van der Waals surface area (Å²) in [6, 6.07) is 5.30. The van der Waals surface area contributed by atoms with Gasteiger partial charge in [0.2, 0.25) is 0 Å². The summed E-state index contributed by atoms with van der Waals surface area (Å²) in [7, 11) is 0. The number of fused-ring (bicyclic) bond motifs is 1. The van der Waals surface area contributed by atoms with Crippen molar-refractivity contribution in [2.75, 3.05) is 18.5 Å². The van der Waals surface area contributed by atoms with Crippen molar-refractivity contribution >= 4 is 28.3 Å². The molecule has 0 fully saturated rings. The van der Waals surface area contributed by atoms with Crippen molar-refractivity contribution in [2.45, 2.75) is 6.10 Å². The quantitative estimate of drug-likeness (QED) is 0.759. The van der Waals surface area contributed by atoms with Gasteiger partial charge in [0.05, 0.1) is 18.2 Å². The Labute approximate surface area is 103 Å². The van der Waals surface area contributed by atoms with Crippen molar-refractivity contribution in [1.82, 2.24) is 9.97 Å². The minimum Gasteiger partial charge on any atom is -0.394 e. The highest BCUT2D eigenvalue weighted by molar-refractivity contribution is 6.31. The molecule has 1 atom stereocenters. The fraction of sp³-hybridized carbons (Fsp3) is 0.273. The molecule has 6 heteroatoms. The third-order valence-electron chi connectivity index (χ3n) is 2.31. The summed E-state index contributed by atoms with van der Waals surface area (Å²) < 4.78 is 0. The van der Waals surface area contributed by atoms with Gasteiger partial charge in [0.25, 0.3) is 0 Å². The van der Waals surface area contributed by atoms with E-state index in [0.717, 1.165) is 10.9 Å². The maximum atomic E-state index is 9.26. The molecule has 0 radical (unpaired) electrons. The Morgan fingerprint density at radius 3 is 2.94 bits per heavy atom. The molecule has 1 aromatic carbocycles. The predicted octanol–water partition coefficient (Wildman–Crippen LogP) is 1.05. The smallest absolute Gasteiger partial charge is 0.137 e. The molecular weight excluding hydrogens is 242 g/mol. The number of aromatic nitrogens is 2. The summed E-state index contributed by atoms with van der Waals surface area (Å²) >= 11 is 5.87. The number of nitrogens with one attached hydrogen (secondary N) is 1. The Bertz CT molecular complexity index is 521. The highest BCUT2D eigenvalue weighted by Crippen LogP contribution is 2.22. The summed E-state index contributed by atoms with van der Waals surface area (Å²) in [5.74, 6) is 0.610. The molecule has 0 spiro atoms. The van der Waals surface area contributed by atoms with Crippen LogP contribution in [0.4, 0.5) is 5.82 Å². The van der Waals surface area contributed by atoms with Gasteiger partial charge in [-0.15, -0.1) is 0 Å². The van der Waals surface area contributed by atoms with Gasteiger partial charge in [0.15, 0.2) is 0 Å². The van der Waals surface area contributed by atoms with E-state index in [4.69, 9.17) is 16.7 Å². The Morgan fingerprint density at radius 1 is 1.35 bits per heavy atom. The topological polar surface area (TPSA) is 78.3 Å². The van der Waals surface area contributed by atoms with Crippen LogP contribution >= 0.6 is 11.6 Å². The number of benzene rings is 1. The molecule has 0 saturated carbocycles. The number of hydrogen-bond donors (Lipinski definition) is 3. The Hall–Kier alpha value is -1.43. The second-order valence-corrected chi connectivity index (χ2v) is 4.04. The lowest BCUT2D eigenvalue weighted by atomic mass is 10.2. The van der Waals surface area contributed by atoms with Gasteiger partial charge >= 0.3 is 0 Å². The van der Waals surface area contributed by atoms with Gasteiger partial charge in [-0.25, -0.2) is 9.97 Å². The van der Waals surface area contributed by atoms with Crippen LogP contribution < -0.4 is 5.32 Å². The van der Waals surface area contributed by atoms with Crippen molar-refractivity contribution in [1.29, 1.82) is 0 Å². The molecule has 90 valence electrons. The normalized spacial score (nSPS) is 12.6. The molecule has 1 heterocycles. The van der Waals surface area contributed by atoms with Gasteiger partial charge in [0.1, 0.15) is 12.1 Å². The van der Waals surface area contributed by atoms with Crippen LogP contribution in [0.2, 0.25) is 5.02 Å². The molecule has 2 aromatic rings. The zero-order valence-electron chi connectivity index (χ0n) is 8.97. The van der Waals surface area contributed by atoms with Crippen LogP contribution in [-0.2, 0) is 0 Å². The molecule has 2 rings (SSSR count). The Balaban J connectivity index is 2.28. The first-order valence-electron chi connectivity index (χ1n) is 5.14. The predicted molar refractivity (Wildman–Crippen MR) is 66.1 cm³/mol. The first-order chi connectivity index (χ1) is 8.20. The van der Waals surface area contributed by atoms with E-state index in [9.17, 15) is 5.11 Å². The standard InChI is InChI=1S/C11H12ClN3O2/c12-7-1-2-9-10(3-7)14-6-15-11(9)13-4-8(17)5-16/h1-3,6,8,16-17H,4-5H2,(H,13,14,15). The van der Waals surface area contributed by atoms with Gasteiger partial charge < -0.3 is 15.5 Å². The first-order valence-corrected chi connectivity index (χ1v) is 5.51. The van der Waals surface area contributed by atoms with E-state index in [2.05, 4.69) is 15.3 Å². The number of anilines is 1. The third-order valence-corrected chi connectivity index (χ3v) is 2.55. The maximum absolute atomic E-state index is 9.26. The van der Waals surface area contributed by atoms with E-state index >= 15 is 0 Å². The van der Waals surface area contributed by atoms with Crippen molar-refractivity contribution in [2.24, 2.45) is 0 Å². The highest BCUT2D eigenvalue weighted by Gasteiger charge is 2.06. The third kappa shape index (κ3) is 2.82. The van der Waals surface area contributed by atoms with Gasteiger partial charge in [-0.1, -0.05) is 11.6 Å². The fourth-order valence-electron chi connectivity index (χ4n) is 1.45. The summed E-state index contributed by atoms with van der Waals surface area (Å²) in [4.78, 5) is 8.19. The number of aliphatic hydroxyl groups excluding tert-OH is 2. The molecule has 0 aliphatic heterocycles. The van der Waals surface area contributed by atoms with Crippen LogP contribution in [-0.4, -0.2) is 39.4 Å². The average molecular weight is 254 g/mol. The van der Waals surface area contributed by atoms with Crippen molar-refractivity contribution in [3.63, 3.8) is 0 Å². The number of nitrogens with zero attached hydrogens (tertiary/aromatic N) is 2. The minimum atomic E-state index is -0.813. The van der Waals surface area contributed by atoms with E-state index in [1.165, 1.54) is 6.33 Å². The molecule has 0 aliphatic rings. The summed E-state index contributed by atoms with van der Waals surface area (Å²) in [5, 5.41) is 22.4. The maximum Gasteiger partial charge on any atom is 0.137 e. The highest BCUT2D eigenvalue weighted by atomic mass is 35.5. The number of aliphatic hydroxyl groups is 2. The lowest BCUT2D eigenvalue weighted by molar-refractivity contribution is 0.105. The second kappa shape index (κ2) is 5.27. The monoisotopic (exact) mass is 253 g/mol. The number of hydrogen-bond acceptors (Lipinski definition) is 5. The average Bonchev–Trinajstić information content (AvgIpc) is 2.35. The molecule has 1 aromatic heterocycles. The summed E-state index contributed by atoms with van der Waals surface area (Å²) in [6.45, 7) is -0.0624. The fourth-order valence-corrected chi connectivity index (χ4v) is 1.62. The number of rotatable bonds is 4. The van der Waals surface area contributed by atoms with Crippen LogP contribution in [0.1, 0.15) is 0 Å². The number of halogens is 1. The van der Waals surface area contributed by atoms with Crippen LogP contribution in [0.3, 0.4) is 0 Å². The Kier molecular flexibility index (Phi) is 3.73. The zero-order valence-corrected chi connectivity index (χ0v) is 9.72. The van der Waals surface area contributed by atoms with Crippen LogP contribution in [0.5, 0.6) is 0 Å². The molecule has 3 N–H and O–H groups in total. The minimum absolute atomic E-state index is 0.227. The Morgan fingerprint density at radius 2 is 2.18 bits per heavy atom. The van der Waals surface area contributed by atoms with Crippen molar-refractivity contribution < 1.29 is 10.2 Å². The first kappa shape index (κ1) is 12.0. The molecule has 17 heavy (non-hydrogen) atoms. The van der Waals surface area contributed by atoms with Crippen molar-refractivity contribution in [3.8, 4) is 0 Å². The SMILES string of the molecule is OCC(O)CNc1ncnc2cc(Cl)ccc12. The van der Waals surface area contributed by atoms with E-state index in [1.807, 2.05) is 6.07 Å². The molecule has 0 amide bonds. The van der Waals surface area contributed by atoms with E-state index in [1.54, 1.807) is 12.1 Å². The molecular formula is C11H12ClN3O2. The molecule has 1 unspecified atom stereocenters. The lowest BCUT2D eigenvalue weighted by Gasteiger charge is -2.11. The zero-order chi connectivity index (χ0) is 12.3.